The van der Waals surface area contributed by atoms with Gasteiger partial charge in [-0.05, 0) is 19.1 Å². The molecule has 70 valence electrons. The van der Waals surface area contributed by atoms with Crippen molar-refractivity contribution >= 4 is 17.2 Å². The summed E-state index contributed by atoms with van der Waals surface area (Å²) < 4.78 is 1.96. The maximum absolute atomic E-state index is 5.76. The summed E-state index contributed by atoms with van der Waals surface area (Å²) in [6, 6.07) is 3.98. The number of hydrogen-bond donors (Lipinski definition) is 0. The van der Waals surface area contributed by atoms with Crippen LogP contribution in [0.25, 0.3) is 5.65 Å². The molecule has 0 aliphatic heterocycles. The molecule has 0 spiro atoms. The highest BCUT2D eigenvalue weighted by Crippen LogP contribution is 2.11. The van der Waals surface area contributed by atoms with E-state index >= 15 is 0 Å². The van der Waals surface area contributed by atoms with Gasteiger partial charge in [-0.2, -0.15) is 0 Å². The van der Waals surface area contributed by atoms with Gasteiger partial charge in [0.15, 0.2) is 0 Å². The molecule has 2 nitrogen and oxygen atoms in total. The van der Waals surface area contributed by atoms with Crippen molar-refractivity contribution in [1.82, 2.24) is 9.38 Å². The quantitative estimate of drug-likeness (QED) is 0.632. The first-order valence-electron chi connectivity index (χ1n) is 4.36. The van der Waals surface area contributed by atoms with E-state index < -0.39 is 0 Å². The molecule has 2 aromatic rings. The average Bonchev–Trinajstić information content (AvgIpc) is 2.52. The molecule has 0 radical (unpaired) electrons. The van der Waals surface area contributed by atoms with Gasteiger partial charge in [-0.25, -0.2) is 4.98 Å². The van der Waals surface area contributed by atoms with Crippen molar-refractivity contribution in [2.24, 2.45) is 0 Å². The first-order chi connectivity index (χ1) is 6.27. The Hall–Kier alpha value is -1.02. The second-order valence-corrected chi connectivity index (χ2v) is 2.91. The van der Waals surface area contributed by atoms with Crippen molar-refractivity contribution in [3.8, 4) is 0 Å². The summed E-state index contributed by atoms with van der Waals surface area (Å²) in [7, 11) is 0. The maximum atomic E-state index is 5.76. The van der Waals surface area contributed by atoms with E-state index in [1.54, 1.807) is 6.20 Å². The lowest BCUT2D eigenvalue weighted by Gasteiger charge is -1.96. The molecule has 0 aliphatic rings. The normalized spacial score (nSPS) is 9.54. The number of hydrogen-bond acceptors (Lipinski definition) is 1. The molecule has 0 aliphatic carbocycles. The van der Waals surface area contributed by atoms with Crippen LogP contribution in [-0.2, 0) is 0 Å². The van der Waals surface area contributed by atoms with Crippen molar-refractivity contribution in [2.45, 2.75) is 20.8 Å². The first-order valence-corrected chi connectivity index (χ1v) is 4.74. The molecule has 0 saturated heterocycles. The maximum Gasteiger partial charge on any atom is 0.136 e. The number of halogens is 1. The molecule has 0 fully saturated rings. The van der Waals surface area contributed by atoms with Gasteiger partial charge in [-0.3, -0.25) is 0 Å². The van der Waals surface area contributed by atoms with Gasteiger partial charge < -0.3 is 4.40 Å². The van der Waals surface area contributed by atoms with E-state index in [4.69, 9.17) is 11.6 Å². The zero-order chi connectivity index (χ0) is 9.84. The fraction of sp³-hybridized carbons (Fsp3) is 0.300. The Bertz CT molecular complexity index is 393. The van der Waals surface area contributed by atoms with Gasteiger partial charge >= 0.3 is 0 Å². The van der Waals surface area contributed by atoms with E-state index in [0.29, 0.717) is 5.02 Å². The molecular formula is C10H13ClN2. The third-order valence-electron chi connectivity index (χ3n) is 1.67. The summed E-state index contributed by atoms with van der Waals surface area (Å²) >= 11 is 5.76. The van der Waals surface area contributed by atoms with Crippen LogP contribution >= 0.6 is 11.6 Å². The van der Waals surface area contributed by atoms with E-state index in [9.17, 15) is 0 Å². The lowest BCUT2D eigenvalue weighted by molar-refractivity contribution is 1.07. The molecular weight excluding hydrogens is 184 g/mol. The summed E-state index contributed by atoms with van der Waals surface area (Å²) in [5.41, 5.74) is 2.09. The third kappa shape index (κ3) is 2.01. The molecule has 0 aromatic carbocycles. The van der Waals surface area contributed by atoms with Gasteiger partial charge in [-0.15, -0.1) is 0 Å². The fourth-order valence-corrected chi connectivity index (χ4v) is 1.24. The number of fused-ring (bicyclic) bond motifs is 1. The molecule has 0 amide bonds. The minimum atomic E-state index is 0.664. The Labute approximate surface area is 83.2 Å². The van der Waals surface area contributed by atoms with Crippen molar-refractivity contribution in [3.63, 3.8) is 0 Å². The van der Waals surface area contributed by atoms with E-state index in [0.717, 1.165) is 11.3 Å². The number of aromatic nitrogens is 2. The first kappa shape index (κ1) is 10.1. The van der Waals surface area contributed by atoms with Gasteiger partial charge in [0.2, 0.25) is 0 Å². The largest absolute Gasteiger partial charge is 0.304 e. The molecule has 0 atom stereocenters. The summed E-state index contributed by atoms with van der Waals surface area (Å²) in [6.07, 6.45) is 3.51. The van der Waals surface area contributed by atoms with Gasteiger partial charge in [-0.1, -0.05) is 25.4 Å². The van der Waals surface area contributed by atoms with Crippen LogP contribution in [0, 0.1) is 6.92 Å². The molecule has 0 unspecified atom stereocenters. The zero-order valence-electron chi connectivity index (χ0n) is 8.08. The van der Waals surface area contributed by atoms with Gasteiger partial charge in [0.05, 0.1) is 5.02 Å². The topological polar surface area (TPSA) is 17.3 Å². The molecule has 0 N–H and O–H groups in total. The summed E-state index contributed by atoms with van der Waals surface area (Å²) in [5.74, 6) is 0. The van der Waals surface area contributed by atoms with Crippen LogP contribution < -0.4 is 0 Å². The van der Waals surface area contributed by atoms with E-state index in [2.05, 4.69) is 4.98 Å². The second-order valence-electron chi connectivity index (χ2n) is 2.48. The van der Waals surface area contributed by atoms with Gasteiger partial charge in [0.1, 0.15) is 5.65 Å². The highest BCUT2D eigenvalue weighted by Gasteiger charge is 1.96. The molecule has 2 aromatic heterocycles. The van der Waals surface area contributed by atoms with Crippen molar-refractivity contribution < 1.29 is 0 Å². The van der Waals surface area contributed by atoms with Crippen LogP contribution in [0.15, 0.2) is 24.5 Å². The smallest absolute Gasteiger partial charge is 0.136 e. The average molecular weight is 197 g/mol. The lowest BCUT2D eigenvalue weighted by Crippen LogP contribution is -1.87. The highest BCUT2D eigenvalue weighted by molar-refractivity contribution is 6.30. The van der Waals surface area contributed by atoms with E-state index in [1.165, 1.54) is 0 Å². The second kappa shape index (κ2) is 4.28. The Balaban J connectivity index is 0.000000396. The number of rotatable bonds is 0. The van der Waals surface area contributed by atoms with Crippen LogP contribution in [0.4, 0.5) is 0 Å². The predicted octanol–water partition coefficient (Wildman–Crippen LogP) is 3.32. The Kier molecular flexibility index (Phi) is 3.32. The molecule has 3 heteroatoms. The monoisotopic (exact) mass is 196 g/mol. The van der Waals surface area contributed by atoms with E-state index in [-0.39, 0.29) is 0 Å². The van der Waals surface area contributed by atoms with Crippen LogP contribution in [0.1, 0.15) is 19.5 Å². The van der Waals surface area contributed by atoms with Crippen molar-refractivity contribution in [2.75, 3.05) is 0 Å². The molecule has 0 bridgehead atoms. The summed E-state index contributed by atoms with van der Waals surface area (Å²) in [5, 5.41) is 0.664. The minimum absolute atomic E-state index is 0.664. The highest BCUT2D eigenvalue weighted by atomic mass is 35.5. The lowest BCUT2D eigenvalue weighted by atomic mass is 10.5. The van der Waals surface area contributed by atoms with Crippen LogP contribution in [0.3, 0.4) is 0 Å². The molecule has 2 heterocycles. The van der Waals surface area contributed by atoms with Crippen LogP contribution in [-0.4, -0.2) is 9.38 Å². The zero-order valence-corrected chi connectivity index (χ0v) is 8.84. The Morgan fingerprint density at radius 2 is 2.00 bits per heavy atom. The summed E-state index contributed by atoms with van der Waals surface area (Å²) in [6.45, 7) is 6.02. The Morgan fingerprint density at radius 3 is 2.69 bits per heavy atom. The molecule has 2 rings (SSSR count). The summed E-state index contributed by atoms with van der Waals surface area (Å²) in [4.78, 5) is 4.13. The standard InChI is InChI=1S/C8H7ClN2.C2H6/c1-6-2-3-8-10-4-7(9)5-11(6)8;1-2/h2-5H,1H3;1-2H3. The molecule has 0 saturated carbocycles. The third-order valence-corrected chi connectivity index (χ3v) is 1.87. The van der Waals surface area contributed by atoms with Crippen LogP contribution in [0.2, 0.25) is 5.02 Å². The van der Waals surface area contributed by atoms with E-state index in [1.807, 2.05) is 43.5 Å². The Morgan fingerprint density at radius 1 is 1.31 bits per heavy atom. The van der Waals surface area contributed by atoms with Crippen molar-refractivity contribution in [3.05, 3.63) is 35.2 Å². The van der Waals surface area contributed by atoms with Crippen LogP contribution in [0.5, 0.6) is 0 Å². The van der Waals surface area contributed by atoms with Gasteiger partial charge in [0, 0.05) is 18.1 Å². The van der Waals surface area contributed by atoms with Gasteiger partial charge in [0.25, 0.3) is 0 Å². The SMILES string of the molecule is CC.Cc1ccc2ncc(Cl)cn12. The molecule has 13 heavy (non-hydrogen) atoms. The van der Waals surface area contributed by atoms with Crippen molar-refractivity contribution in [1.29, 1.82) is 0 Å². The predicted molar refractivity (Wildman–Crippen MR) is 56.3 cm³/mol. The number of aryl methyl sites for hydroxylation is 1. The minimum Gasteiger partial charge on any atom is -0.304 e. The fourth-order valence-electron chi connectivity index (χ4n) is 1.09. The number of nitrogens with zero attached hydrogens (tertiary/aromatic N) is 2.